The van der Waals surface area contributed by atoms with E-state index in [1.807, 2.05) is 47.0 Å². The summed E-state index contributed by atoms with van der Waals surface area (Å²) in [6, 6.07) is 37.0. The number of hydrogen-bond donors (Lipinski definition) is 0. The smallest absolute Gasteiger partial charge is 0.0415 e. The Hall–Kier alpha value is -2.50. The summed E-state index contributed by atoms with van der Waals surface area (Å²) in [6.45, 7) is 32.1. The molecule has 0 aliphatic carbocycles. The second-order valence-electron chi connectivity index (χ2n) is 18.1. The maximum absolute atomic E-state index is 2.33. The molecular formula is C48H58S4. The molecule has 0 nitrogen and oxygen atoms in total. The SMILES string of the molecule is Cc1c(C)c(Sc2ccc(C(C)(C)C)cc2)c(Sc2ccc(C(C)(C)C)cc2)c(Sc2ccc(C(C)(C)C)cc2)c1Sc1ccc(C(C)(C)C)cc1. The summed E-state index contributed by atoms with van der Waals surface area (Å²) in [6.07, 6.45) is 0. The van der Waals surface area contributed by atoms with Crippen molar-refractivity contribution in [2.45, 2.75) is 158 Å². The van der Waals surface area contributed by atoms with Crippen LogP contribution >= 0.6 is 47.0 Å². The second kappa shape index (κ2) is 15.7. The highest BCUT2D eigenvalue weighted by atomic mass is 32.2. The fraction of sp³-hybridized carbons (Fsp3) is 0.375. The first kappa shape index (κ1) is 40.7. The molecule has 0 aliphatic rings. The predicted molar refractivity (Wildman–Crippen MR) is 233 cm³/mol. The van der Waals surface area contributed by atoms with Crippen molar-refractivity contribution in [2.24, 2.45) is 0 Å². The zero-order valence-electron chi connectivity index (χ0n) is 33.9. The van der Waals surface area contributed by atoms with Crippen LogP contribution < -0.4 is 0 Å². The molecule has 0 heterocycles. The van der Waals surface area contributed by atoms with Gasteiger partial charge in [-0.15, -0.1) is 0 Å². The number of rotatable bonds is 8. The van der Waals surface area contributed by atoms with Crippen LogP contribution in [0.1, 0.15) is 116 Å². The Morgan fingerprint density at radius 2 is 0.442 bits per heavy atom. The molecule has 0 saturated carbocycles. The first-order valence-corrected chi connectivity index (χ1v) is 21.7. The van der Waals surface area contributed by atoms with Crippen molar-refractivity contribution < 1.29 is 0 Å². The average Bonchev–Trinajstić information content (AvgIpc) is 3.06. The fourth-order valence-electron chi connectivity index (χ4n) is 5.88. The van der Waals surface area contributed by atoms with E-state index in [1.54, 1.807) is 0 Å². The lowest BCUT2D eigenvalue weighted by molar-refractivity contribution is 0.589. The third-order valence-electron chi connectivity index (χ3n) is 9.62. The molecule has 0 atom stereocenters. The lowest BCUT2D eigenvalue weighted by Gasteiger charge is -2.25. The van der Waals surface area contributed by atoms with Crippen LogP contribution in [-0.4, -0.2) is 0 Å². The molecule has 5 rings (SSSR count). The second-order valence-corrected chi connectivity index (χ2v) is 22.4. The van der Waals surface area contributed by atoms with Gasteiger partial charge in [-0.25, -0.2) is 0 Å². The summed E-state index contributed by atoms with van der Waals surface area (Å²) < 4.78 is 0. The van der Waals surface area contributed by atoms with Crippen LogP contribution in [0.5, 0.6) is 0 Å². The summed E-state index contributed by atoms with van der Waals surface area (Å²) in [5.74, 6) is 0. The van der Waals surface area contributed by atoms with Crippen molar-refractivity contribution in [3.63, 3.8) is 0 Å². The van der Waals surface area contributed by atoms with Crippen molar-refractivity contribution in [3.05, 3.63) is 130 Å². The van der Waals surface area contributed by atoms with Gasteiger partial charge in [0.1, 0.15) is 0 Å². The number of benzene rings is 5. The van der Waals surface area contributed by atoms with Gasteiger partial charge in [0.2, 0.25) is 0 Å². The molecule has 274 valence electrons. The molecule has 0 bridgehead atoms. The highest BCUT2D eigenvalue weighted by molar-refractivity contribution is 8.05. The van der Waals surface area contributed by atoms with Gasteiger partial charge in [0.15, 0.2) is 0 Å². The lowest BCUT2D eigenvalue weighted by Crippen LogP contribution is -2.10. The van der Waals surface area contributed by atoms with Crippen molar-refractivity contribution in [1.82, 2.24) is 0 Å². The summed E-state index contributed by atoms with van der Waals surface area (Å²) >= 11 is 7.64. The van der Waals surface area contributed by atoms with Gasteiger partial charge in [0.05, 0.1) is 0 Å². The Bertz CT molecular complexity index is 1820. The van der Waals surface area contributed by atoms with E-state index in [0.717, 1.165) is 0 Å². The van der Waals surface area contributed by atoms with Crippen LogP contribution in [0.25, 0.3) is 0 Å². The Kier molecular flexibility index (Phi) is 12.3. The molecule has 0 fully saturated rings. The average molecular weight is 763 g/mol. The van der Waals surface area contributed by atoms with Crippen molar-refractivity contribution in [1.29, 1.82) is 0 Å². The third kappa shape index (κ3) is 9.97. The largest absolute Gasteiger partial charge is 0.0886 e. The van der Waals surface area contributed by atoms with Gasteiger partial charge in [-0.05, 0) is 117 Å². The molecule has 0 N–H and O–H groups in total. The van der Waals surface area contributed by atoms with E-state index in [1.165, 1.54) is 72.5 Å². The Balaban J connectivity index is 1.71. The molecule has 0 aromatic heterocycles. The molecule has 0 amide bonds. The van der Waals surface area contributed by atoms with Gasteiger partial charge < -0.3 is 0 Å². The van der Waals surface area contributed by atoms with Crippen LogP contribution in [0.4, 0.5) is 0 Å². The highest BCUT2D eigenvalue weighted by Gasteiger charge is 2.25. The van der Waals surface area contributed by atoms with Crippen LogP contribution in [0.2, 0.25) is 0 Å². The zero-order valence-corrected chi connectivity index (χ0v) is 37.1. The van der Waals surface area contributed by atoms with Gasteiger partial charge >= 0.3 is 0 Å². The van der Waals surface area contributed by atoms with Crippen molar-refractivity contribution >= 4 is 47.0 Å². The summed E-state index contributed by atoms with van der Waals surface area (Å²) in [7, 11) is 0. The summed E-state index contributed by atoms with van der Waals surface area (Å²) in [5, 5.41) is 0. The van der Waals surface area contributed by atoms with Gasteiger partial charge in [0, 0.05) is 39.2 Å². The maximum atomic E-state index is 2.33. The molecule has 0 spiro atoms. The Morgan fingerprint density at radius 1 is 0.269 bits per heavy atom. The van der Waals surface area contributed by atoms with E-state index in [2.05, 4.69) is 194 Å². The molecule has 0 aliphatic heterocycles. The summed E-state index contributed by atoms with van der Waals surface area (Å²) in [4.78, 5) is 10.4. The van der Waals surface area contributed by atoms with Gasteiger partial charge in [-0.2, -0.15) is 0 Å². The van der Waals surface area contributed by atoms with Crippen molar-refractivity contribution in [2.75, 3.05) is 0 Å². The van der Waals surface area contributed by atoms with Crippen LogP contribution in [0.3, 0.4) is 0 Å². The third-order valence-corrected chi connectivity index (χ3v) is 14.7. The van der Waals surface area contributed by atoms with E-state index in [-0.39, 0.29) is 21.7 Å². The molecule has 4 heteroatoms. The van der Waals surface area contributed by atoms with Crippen LogP contribution in [0, 0.1) is 13.8 Å². The zero-order chi connectivity index (χ0) is 38.2. The van der Waals surface area contributed by atoms with E-state index in [0.29, 0.717) is 0 Å². The quantitative estimate of drug-likeness (QED) is 0.154. The minimum Gasteiger partial charge on any atom is -0.0886 e. The monoisotopic (exact) mass is 762 g/mol. The topological polar surface area (TPSA) is 0 Å². The van der Waals surface area contributed by atoms with Gasteiger partial charge in [-0.1, -0.05) is 179 Å². The first-order chi connectivity index (χ1) is 24.1. The van der Waals surface area contributed by atoms with E-state index in [9.17, 15) is 0 Å². The molecule has 0 saturated heterocycles. The minimum absolute atomic E-state index is 0.108. The van der Waals surface area contributed by atoms with Crippen molar-refractivity contribution in [3.8, 4) is 0 Å². The molecule has 5 aromatic rings. The fourth-order valence-corrected chi connectivity index (χ4v) is 10.7. The maximum Gasteiger partial charge on any atom is 0.0415 e. The van der Waals surface area contributed by atoms with Crippen LogP contribution in [-0.2, 0) is 21.7 Å². The normalized spacial score (nSPS) is 12.7. The number of hydrogen-bond acceptors (Lipinski definition) is 4. The molecular weight excluding hydrogens is 705 g/mol. The molecule has 0 unspecified atom stereocenters. The standard InChI is InChI=1S/C48H58S4/c1-31-32(2)42(50-38-25-17-34(18-26-38)46(6,7)8)44(52-40-29-21-36(22-30-40)48(12,13)14)43(51-39-27-19-35(20-28-39)47(9,10)11)41(31)49-37-23-15-33(16-24-37)45(3,4)5/h15-30H,1-14H3. The van der Waals surface area contributed by atoms with E-state index < -0.39 is 0 Å². The molecule has 52 heavy (non-hydrogen) atoms. The Labute approximate surface area is 333 Å². The minimum atomic E-state index is 0.108. The van der Waals surface area contributed by atoms with Gasteiger partial charge in [-0.3, -0.25) is 0 Å². The lowest BCUT2D eigenvalue weighted by atomic mass is 9.87. The molecule has 0 radical (unpaired) electrons. The van der Waals surface area contributed by atoms with E-state index >= 15 is 0 Å². The highest BCUT2D eigenvalue weighted by Crippen LogP contribution is 2.53. The van der Waals surface area contributed by atoms with Crippen LogP contribution in [0.15, 0.2) is 136 Å². The molecule has 5 aromatic carbocycles. The first-order valence-electron chi connectivity index (χ1n) is 18.4. The van der Waals surface area contributed by atoms with Gasteiger partial charge in [0.25, 0.3) is 0 Å². The summed E-state index contributed by atoms with van der Waals surface area (Å²) in [5.41, 5.74) is 8.57. The Morgan fingerprint density at radius 3 is 0.615 bits per heavy atom. The van der Waals surface area contributed by atoms with E-state index in [4.69, 9.17) is 0 Å². The predicted octanol–water partition coefficient (Wildman–Crippen LogP) is 16.1.